The molecule has 0 radical (unpaired) electrons. The average molecular weight is 343 g/mol. The van der Waals surface area contributed by atoms with Crippen molar-refractivity contribution in [1.29, 1.82) is 0 Å². The molecule has 0 amide bonds. The first kappa shape index (κ1) is 13.3. The van der Waals surface area contributed by atoms with Gasteiger partial charge in [0.25, 0.3) is 0 Å². The number of aromatic amines is 1. The highest BCUT2D eigenvalue weighted by Crippen LogP contribution is 2.71. The molecule has 0 aliphatic heterocycles. The number of aromatic nitrogens is 2. The summed E-state index contributed by atoms with van der Waals surface area (Å²) >= 11 is 8.68. The van der Waals surface area contributed by atoms with E-state index >= 15 is 0 Å². The highest BCUT2D eigenvalue weighted by molar-refractivity contribution is 9.10. The number of hydrogen-bond acceptors (Lipinski definition) is 1. The summed E-state index contributed by atoms with van der Waals surface area (Å²) in [5.41, 5.74) is 2.08. The molecule has 2 nitrogen and oxygen atoms in total. The van der Waals surface area contributed by atoms with Gasteiger partial charge in [0.05, 0.1) is 15.5 Å². The van der Waals surface area contributed by atoms with E-state index in [0.29, 0.717) is 15.3 Å². The number of halogens is 2. The predicted molar refractivity (Wildman–Crippen MR) is 81.4 cm³/mol. The van der Waals surface area contributed by atoms with Gasteiger partial charge in [0.2, 0.25) is 0 Å². The van der Waals surface area contributed by atoms with Gasteiger partial charge in [-0.1, -0.05) is 27.7 Å². The van der Waals surface area contributed by atoms with Crippen molar-refractivity contribution in [2.45, 2.75) is 33.7 Å². The first-order valence-electron chi connectivity index (χ1n) is 6.27. The van der Waals surface area contributed by atoms with Gasteiger partial charge in [0.15, 0.2) is 4.77 Å². The van der Waals surface area contributed by atoms with Crippen molar-refractivity contribution in [3.05, 3.63) is 27.2 Å². The zero-order valence-electron chi connectivity index (χ0n) is 11.3. The van der Waals surface area contributed by atoms with E-state index in [-0.39, 0.29) is 16.6 Å². The second-order valence-corrected chi connectivity index (χ2v) is 7.67. The van der Waals surface area contributed by atoms with Crippen LogP contribution in [0, 0.1) is 21.4 Å². The fourth-order valence-corrected chi connectivity index (χ4v) is 3.83. The molecule has 19 heavy (non-hydrogen) atoms. The maximum Gasteiger partial charge on any atom is 0.178 e. The summed E-state index contributed by atoms with van der Waals surface area (Å²) in [5, 5.41) is 0. The van der Waals surface area contributed by atoms with E-state index in [9.17, 15) is 4.39 Å². The maximum atomic E-state index is 13.6. The fourth-order valence-electron chi connectivity index (χ4n) is 3.18. The molecular weight excluding hydrogens is 327 g/mol. The van der Waals surface area contributed by atoms with Crippen LogP contribution in [-0.4, -0.2) is 9.55 Å². The molecule has 0 saturated heterocycles. The minimum absolute atomic E-state index is 0.182. The minimum Gasteiger partial charge on any atom is -0.330 e. The topological polar surface area (TPSA) is 20.7 Å². The van der Waals surface area contributed by atoms with Crippen molar-refractivity contribution in [2.24, 2.45) is 10.8 Å². The second-order valence-electron chi connectivity index (χ2n) is 6.43. The van der Waals surface area contributed by atoms with Crippen LogP contribution in [0.5, 0.6) is 0 Å². The SMILES string of the molecule is CC1(C)C(n2c(=S)[nH]c3cc(F)c(Br)cc32)C1(C)C. The number of imidazole rings is 1. The Morgan fingerprint density at radius 1 is 1.26 bits per heavy atom. The Labute approximate surface area is 125 Å². The van der Waals surface area contributed by atoms with E-state index in [0.717, 1.165) is 11.0 Å². The number of nitrogens with one attached hydrogen (secondary N) is 1. The molecule has 1 aliphatic rings. The normalized spacial score (nSPS) is 20.9. The Bertz CT molecular complexity index is 728. The van der Waals surface area contributed by atoms with Gasteiger partial charge >= 0.3 is 0 Å². The van der Waals surface area contributed by atoms with Crippen molar-refractivity contribution < 1.29 is 4.39 Å². The van der Waals surface area contributed by atoms with Crippen LogP contribution >= 0.6 is 28.1 Å². The van der Waals surface area contributed by atoms with Crippen LogP contribution in [0.2, 0.25) is 0 Å². The van der Waals surface area contributed by atoms with Gasteiger partial charge in [-0.15, -0.1) is 0 Å². The average Bonchev–Trinajstić information content (AvgIpc) is 2.54. The van der Waals surface area contributed by atoms with E-state index < -0.39 is 0 Å². The highest BCUT2D eigenvalue weighted by Gasteiger charge is 2.66. The summed E-state index contributed by atoms with van der Waals surface area (Å²) in [4.78, 5) is 3.11. The Balaban J connectivity index is 2.29. The molecule has 1 fully saturated rings. The predicted octanol–water partition coefficient (Wildman–Crippen LogP) is 5.21. The molecule has 1 aliphatic carbocycles. The first-order valence-corrected chi connectivity index (χ1v) is 7.47. The Hall–Kier alpha value is -0.680. The van der Waals surface area contributed by atoms with Gasteiger partial charge in [0.1, 0.15) is 5.82 Å². The number of hydrogen-bond donors (Lipinski definition) is 1. The van der Waals surface area contributed by atoms with Crippen molar-refractivity contribution in [2.75, 3.05) is 0 Å². The lowest BCUT2D eigenvalue weighted by Gasteiger charge is -2.07. The van der Waals surface area contributed by atoms with Crippen LogP contribution in [-0.2, 0) is 0 Å². The van der Waals surface area contributed by atoms with E-state index in [4.69, 9.17) is 12.2 Å². The smallest absolute Gasteiger partial charge is 0.178 e. The summed E-state index contributed by atoms with van der Waals surface area (Å²) in [6.45, 7) is 8.99. The molecule has 1 saturated carbocycles. The molecule has 3 rings (SSSR count). The fraction of sp³-hybridized carbons (Fsp3) is 0.500. The summed E-state index contributed by atoms with van der Waals surface area (Å²) < 4.78 is 16.9. The third kappa shape index (κ3) is 1.61. The minimum atomic E-state index is -0.273. The number of nitrogens with zero attached hydrogens (tertiary/aromatic N) is 1. The molecule has 1 heterocycles. The zero-order chi connectivity index (χ0) is 14.2. The standard InChI is InChI=1S/C14H16BrFN2S/c1-13(2)11(14(13,3)4)18-10-5-7(15)8(16)6-9(10)17-12(18)19/h5-6,11H,1-4H3,(H,17,19). The van der Waals surface area contributed by atoms with Crippen LogP contribution in [0.4, 0.5) is 4.39 Å². The van der Waals surface area contributed by atoms with Crippen molar-refractivity contribution in [3.8, 4) is 0 Å². The second kappa shape index (κ2) is 3.70. The number of rotatable bonds is 1. The number of fused-ring (bicyclic) bond motifs is 1. The van der Waals surface area contributed by atoms with Crippen molar-refractivity contribution >= 4 is 39.2 Å². The summed E-state index contributed by atoms with van der Waals surface area (Å²) in [6.07, 6.45) is 0. The van der Waals surface area contributed by atoms with E-state index in [2.05, 4.69) is 53.2 Å². The quantitative estimate of drug-likeness (QED) is 0.705. The Morgan fingerprint density at radius 3 is 2.37 bits per heavy atom. The largest absolute Gasteiger partial charge is 0.330 e. The van der Waals surface area contributed by atoms with Crippen LogP contribution in [0.3, 0.4) is 0 Å². The maximum absolute atomic E-state index is 13.6. The van der Waals surface area contributed by atoms with Crippen LogP contribution in [0.1, 0.15) is 33.7 Å². The third-order valence-corrected chi connectivity index (χ3v) is 5.87. The lowest BCUT2D eigenvalue weighted by Crippen LogP contribution is -2.00. The van der Waals surface area contributed by atoms with Crippen LogP contribution in [0.15, 0.2) is 16.6 Å². The van der Waals surface area contributed by atoms with Gasteiger partial charge in [-0.2, -0.15) is 0 Å². The molecule has 2 aromatic rings. The van der Waals surface area contributed by atoms with Gasteiger partial charge < -0.3 is 9.55 Å². The van der Waals surface area contributed by atoms with Gasteiger partial charge in [-0.3, -0.25) is 0 Å². The first-order chi connectivity index (χ1) is 8.68. The monoisotopic (exact) mass is 342 g/mol. The molecule has 102 valence electrons. The summed E-state index contributed by atoms with van der Waals surface area (Å²) in [5.74, 6) is -0.273. The van der Waals surface area contributed by atoms with Crippen molar-refractivity contribution in [1.82, 2.24) is 9.55 Å². The molecule has 0 bridgehead atoms. The van der Waals surface area contributed by atoms with Crippen molar-refractivity contribution in [3.63, 3.8) is 0 Å². The number of benzene rings is 1. The lowest BCUT2D eigenvalue weighted by molar-refractivity contribution is 0.457. The molecule has 0 unspecified atom stereocenters. The van der Waals surface area contributed by atoms with Gasteiger partial charge in [0, 0.05) is 12.1 Å². The summed E-state index contributed by atoms with van der Waals surface area (Å²) in [7, 11) is 0. The molecule has 0 spiro atoms. The van der Waals surface area contributed by atoms with Gasteiger partial charge in [-0.25, -0.2) is 4.39 Å². The summed E-state index contributed by atoms with van der Waals surface area (Å²) in [6, 6.07) is 3.63. The Morgan fingerprint density at radius 2 is 1.84 bits per heavy atom. The van der Waals surface area contributed by atoms with Gasteiger partial charge in [-0.05, 0) is 45.0 Å². The molecular formula is C14H16BrFN2S. The molecule has 5 heteroatoms. The Kier molecular flexibility index (Phi) is 2.59. The van der Waals surface area contributed by atoms with Crippen LogP contribution < -0.4 is 0 Å². The van der Waals surface area contributed by atoms with E-state index in [1.165, 1.54) is 6.07 Å². The zero-order valence-corrected chi connectivity index (χ0v) is 13.7. The number of H-pyrrole nitrogens is 1. The molecule has 1 aromatic heterocycles. The molecule has 1 aromatic carbocycles. The molecule has 0 atom stereocenters. The third-order valence-electron chi connectivity index (χ3n) is 4.96. The van der Waals surface area contributed by atoms with E-state index in [1.807, 2.05) is 0 Å². The molecule has 1 N–H and O–H groups in total. The van der Waals surface area contributed by atoms with E-state index in [1.54, 1.807) is 6.07 Å². The lowest BCUT2D eigenvalue weighted by atomic mass is 10.0. The van der Waals surface area contributed by atoms with Crippen LogP contribution in [0.25, 0.3) is 11.0 Å². The highest BCUT2D eigenvalue weighted by atomic mass is 79.9.